The Balaban J connectivity index is 1.67. The monoisotopic (exact) mass is 522 g/mol. The van der Waals surface area contributed by atoms with Crippen molar-refractivity contribution in [2.45, 2.75) is 19.5 Å². The fourth-order valence-electron chi connectivity index (χ4n) is 4.07. The zero-order valence-electron chi connectivity index (χ0n) is 20.6. The number of nitrogens with zero attached hydrogens (tertiary/aromatic N) is 3. The molecule has 0 bridgehead atoms. The molecule has 4 aromatic rings. The molecule has 0 aliphatic heterocycles. The summed E-state index contributed by atoms with van der Waals surface area (Å²) < 4.78 is 40.7. The van der Waals surface area contributed by atoms with Gasteiger partial charge in [-0.3, -0.25) is 19.6 Å². The zero-order chi connectivity index (χ0) is 27.6. The molecule has 196 valence electrons. The number of carbonyl (C=O) groups excluding carboxylic acids is 1. The molecular weight excluding hydrogens is 497 g/mol. The van der Waals surface area contributed by atoms with Gasteiger partial charge in [0.15, 0.2) is 5.96 Å². The van der Waals surface area contributed by atoms with E-state index in [0.29, 0.717) is 35.3 Å². The molecule has 0 saturated carbocycles. The molecule has 5 N–H and O–H groups in total. The molecule has 0 atom stereocenters. The molecule has 2 aromatic heterocycles. The first kappa shape index (κ1) is 26.4. The minimum Gasteiger partial charge on any atom is -0.370 e. The van der Waals surface area contributed by atoms with Crippen molar-refractivity contribution in [2.24, 2.45) is 23.5 Å². The van der Waals surface area contributed by atoms with E-state index in [-0.39, 0.29) is 17.1 Å². The number of fused-ring (bicyclic) bond motifs is 1. The van der Waals surface area contributed by atoms with Crippen LogP contribution in [0.1, 0.15) is 27.2 Å². The van der Waals surface area contributed by atoms with Crippen LogP contribution >= 0.6 is 0 Å². The second-order valence-electron chi connectivity index (χ2n) is 8.78. The van der Waals surface area contributed by atoms with Crippen molar-refractivity contribution in [3.05, 3.63) is 93.5 Å². The quantitative estimate of drug-likeness (QED) is 0.261. The van der Waals surface area contributed by atoms with Gasteiger partial charge in [0.2, 0.25) is 0 Å². The molecule has 8 nitrogen and oxygen atoms in total. The first-order chi connectivity index (χ1) is 17.9. The number of aryl methyl sites for hydroxylation is 2. The van der Waals surface area contributed by atoms with Crippen molar-refractivity contribution < 1.29 is 18.0 Å². The third-order valence-corrected chi connectivity index (χ3v) is 6.06. The summed E-state index contributed by atoms with van der Waals surface area (Å²) in [5.41, 5.74) is 12.9. The Kier molecular flexibility index (Phi) is 7.20. The SMILES string of the molecule is Cc1ccc(NC(=O)c2cccc(C(F)(F)F)c2)cc1-c1cc2cnc(CCN=C(N)N)cc2n(C)c1=O. The topological polar surface area (TPSA) is 128 Å². The third-order valence-electron chi connectivity index (χ3n) is 6.06. The lowest BCUT2D eigenvalue weighted by atomic mass is 9.99. The van der Waals surface area contributed by atoms with E-state index in [1.54, 1.807) is 43.6 Å². The fraction of sp³-hybridized carbons (Fsp3) is 0.185. The molecule has 4 rings (SSSR count). The number of nitrogens with two attached hydrogens (primary N) is 2. The van der Waals surface area contributed by atoms with Crippen molar-refractivity contribution in [2.75, 3.05) is 11.9 Å². The van der Waals surface area contributed by atoms with Gasteiger partial charge in [-0.05, 0) is 60.5 Å². The molecule has 38 heavy (non-hydrogen) atoms. The summed E-state index contributed by atoms with van der Waals surface area (Å²) in [5, 5.41) is 3.35. The highest BCUT2D eigenvalue weighted by molar-refractivity contribution is 6.04. The Bertz CT molecular complexity index is 1620. The number of alkyl halides is 3. The van der Waals surface area contributed by atoms with Crippen molar-refractivity contribution in [1.29, 1.82) is 0 Å². The maximum Gasteiger partial charge on any atom is 0.416 e. The van der Waals surface area contributed by atoms with Crippen LogP contribution in [0.2, 0.25) is 0 Å². The first-order valence-corrected chi connectivity index (χ1v) is 11.6. The molecule has 0 fully saturated rings. The predicted molar refractivity (Wildman–Crippen MR) is 141 cm³/mol. The minimum atomic E-state index is -4.56. The number of carbonyl (C=O) groups is 1. The lowest BCUT2D eigenvalue weighted by Gasteiger charge is -2.14. The number of benzene rings is 2. The summed E-state index contributed by atoms with van der Waals surface area (Å²) in [5.74, 6) is -0.707. The van der Waals surface area contributed by atoms with Crippen molar-refractivity contribution in [1.82, 2.24) is 9.55 Å². The van der Waals surface area contributed by atoms with Gasteiger partial charge in [0.1, 0.15) is 0 Å². The second-order valence-corrected chi connectivity index (χ2v) is 8.78. The van der Waals surface area contributed by atoms with Crippen LogP contribution in [-0.2, 0) is 19.6 Å². The summed E-state index contributed by atoms with van der Waals surface area (Å²) in [6, 6.07) is 12.7. The summed E-state index contributed by atoms with van der Waals surface area (Å²) in [6.45, 7) is 2.19. The number of hydrogen-bond donors (Lipinski definition) is 3. The fourth-order valence-corrected chi connectivity index (χ4v) is 4.07. The Morgan fingerprint density at radius 2 is 1.84 bits per heavy atom. The standard InChI is InChI=1S/C27H25F3N6O2/c1-15-6-7-20(35-24(37)16-4-3-5-18(10-16)27(28,29)30)12-21(15)22-11-17-14-34-19(8-9-33-26(31)32)13-23(17)36(2)25(22)38/h3-7,10-14H,8-9H2,1-2H3,(H,35,37)(H4,31,32,33). The third kappa shape index (κ3) is 5.66. The van der Waals surface area contributed by atoms with E-state index in [0.717, 1.165) is 28.8 Å². The van der Waals surface area contributed by atoms with Gasteiger partial charge < -0.3 is 21.4 Å². The van der Waals surface area contributed by atoms with Gasteiger partial charge in [-0.2, -0.15) is 13.2 Å². The summed E-state index contributed by atoms with van der Waals surface area (Å²) in [6.07, 6.45) is -2.40. The first-order valence-electron chi connectivity index (χ1n) is 11.6. The Morgan fingerprint density at radius 1 is 1.08 bits per heavy atom. The molecular formula is C27H25F3N6O2. The van der Waals surface area contributed by atoms with Gasteiger partial charge in [-0.15, -0.1) is 0 Å². The summed E-state index contributed by atoms with van der Waals surface area (Å²) in [7, 11) is 1.66. The minimum absolute atomic E-state index is 0.00792. The maximum absolute atomic E-state index is 13.3. The summed E-state index contributed by atoms with van der Waals surface area (Å²) in [4.78, 5) is 34.4. The molecule has 0 aliphatic rings. The normalized spacial score (nSPS) is 11.4. The number of hydrogen-bond acceptors (Lipinski definition) is 4. The average Bonchev–Trinajstić information content (AvgIpc) is 2.87. The van der Waals surface area contributed by atoms with Gasteiger partial charge in [0.25, 0.3) is 11.5 Å². The molecule has 0 aliphatic carbocycles. The number of halogens is 3. The Labute approximate surface area is 215 Å². The van der Waals surface area contributed by atoms with Crippen LogP contribution in [0, 0.1) is 6.92 Å². The number of anilines is 1. The van der Waals surface area contributed by atoms with E-state index in [9.17, 15) is 22.8 Å². The smallest absolute Gasteiger partial charge is 0.370 e. The number of pyridine rings is 2. The van der Waals surface area contributed by atoms with Gasteiger partial charge in [0.05, 0.1) is 11.1 Å². The largest absolute Gasteiger partial charge is 0.416 e. The average molecular weight is 523 g/mol. The van der Waals surface area contributed by atoms with E-state index in [4.69, 9.17) is 11.5 Å². The van der Waals surface area contributed by atoms with Crippen LogP contribution in [0.25, 0.3) is 22.0 Å². The number of nitrogens with one attached hydrogen (secondary N) is 1. The molecule has 1 amide bonds. The van der Waals surface area contributed by atoms with Crippen molar-refractivity contribution in [3.8, 4) is 11.1 Å². The van der Waals surface area contributed by atoms with E-state index in [1.807, 2.05) is 6.92 Å². The number of guanidine groups is 1. The lowest BCUT2D eigenvalue weighted by Crippen LogP contribution is -2.23. The molecule has 2 aromatic carbocycles. The van der Waals surface area contributed by atoms with E-state index < -0.39 is 17.6 Å². The van der Waals surface area contributed by atoms with Crippen LogP contribution in [0.15, 0.2) is 70.6 Å². The van der Waals surface area contributed by atoms with E-state index >= 15 is 0 Å². The molecule has 0 unspecified atom stereocenters. The maximum atomic E-state index is 13.3. The molecule has 2 heterocycles. The van der Waals surface area contributed by atoms with Gasteiger partial charge in [0, 0.05) is 54.1 Å². The highest BCUT2D eigenvalue weighted by Gasteiger charge is 2.31. The number of amides is 1. The Hall–Kier alpha value is -4.67. The number of aromatic nitrogens is 2. The Morgan fingerprint density at radius 3 is 2.55 bits per heavy atom. The number of rotatable bonds is 6. The van der Waals surface area contributed by atoms with Crippen molar-refractivity contribution in [3.63, 3.8) is 0 Å². The van der Waals surface area contributed by atoms with Gasteiger partial charge in [-0.25, -0.2) is 0 Å². The molecule has 0 saturated heterocycles. The molecule has 0 radical (unpaired) electrons. The van der Waals surface area contributed by atoms with Crippen LogP contribution in [-0.4, -0.2) is 28.0 Å². The van der Waals surface area contributed by atoms with Crippen LogP contribution in [0.5, 0.6) is 0 Å². The van der Waals surface area contributed by atoms with Gasteiger partial charge in [-0.1, -0.05) is 12.1 Å². The predicted octanol–water partition coefficient (Wildman–Crippen LogP) is 4.00. The highest BCUT2D eigenvalue weighted by atomic mass is 19.4. The van der Waals surface area contributed by atoms with Gasteiger partial charge >= 0.3 is 6.18 Å². The van der Waals surface area contributed by atoms with E-state index in [2.05, 4.69) is 15.3 Å². The van der Waals surface area contributed by atoms with Crippen LogP contribution in [0.4, 0.5) is 18.9 Å². The summed E-state index contributed by atoms with van der Waals surface area (Å²) >= 11 is 0. The zero-order valence-corrected chi connectivity index (χ0v) is 20.6. The molecule has 11 heteroatoms. The van der Waals surface area contributed by atoms with Crippen LogP contribution in [0.3, 0.4) is 0 Å². The van der Waals surface area contributed by atoms with Crippen molar-refractivity contribution >= 4 is 28.5 Å². The number of aliphatic imine (C=N–C) groups is 1. The van der Waals surface area contributed by atoms with Crippen LogP contribution < -0.4 is 22.3 Å². The highest BCUT2D eigenvalue weighted by Crippen LogP contribution is 2.30. The van der Waals surface area contributed by atoms with E-state index in [1.165, 1.54) is 16.7 Å². The second kappa shape index (κ2) is 10.4. The lowest BCUT2D eigenvalue weighted by molar-refractivity contribution is -0.137. The molecule has 0 spiro atoms.